The average molecular weight is 206 g/mol. The zero-order valence-electron chi connectivity index (χ0n) is 8.77. The molecule has 1 fully saturated rings. The number of amides is 1. The average Bonchev–Trinajstić information content (AvgIpc) is 2.70. The van der Waals surface area contributed by atoms with Crippen LogP contribution in [0.2, 0.25) is 0 Å². The number of methoxy groups -OCH3 is 1. The van der Waals surface area contributed by atoms with Gasteiger partial charge in [-0.3, -0.25) is 0 Å². The molecule has 2 aliphatic rings. The molecule has 1 amide bonds. The normalized spacial score (nSPS) is 29.1. The number of hydrogen-bond donors (Lipinski definition) is 0. The molecule has 1 aliphatic heterocycles. The largest absolute Gasteiger partial charge is 0.453 e. The van der Waals surface area contributed by atoms with Gasteiger partial charge in [0.2, 0.25) is 0 Å². The Bertz CT molecular complexity index is 343. The minimum atomic E-state index is -0.265. The topological polar surface area (TPSA) is 53.3 Å². The number of fused-ring (bicyclic) bond motifs is 1. The van der Waals surface area contributed by atoms with Crippen molar-refractivity contribution in [2.75, 3.05) is 20.2 Å². The molecule has 15 heavy (non-hydrogen) atoms. The van der Waals surface area contributed by atoms with Crippen molar-refractivity contribution in [3.63, 3.8) is 0 Å². The highest BCUT2D eigenvalue weighted by atomic mass is 16.5. The lowest BCUT2D eigenvalue weighted by molar-refractivity contribution is 0.131. The van der Waals surface area contributed by atoms with Crippen molar-refractivity contribution in [3.8, 4) is 6.07 Å². The molecule has 0 saturated carbocycles. The summed E-state index contributed by atoms with van der Waals surface area (Å²) in [6, 6.07) is 2.30. The van der Waals surface area contributed by atoms with Crippen molar-refractivity contribution >= 4 is 6.09 Å². The van der Waals surface area contributed by atoms with E-state index in [0.717, 1.165) is 12.8 Å². The summed E-state index contributed by atoms with van der Waals surface area (Å²) < 4.78 is 4.69. The van der Waals surface area contributed by atoms with Crippen LogP contribution >= 0.6 is 0 Å². The highest BCUT2D eigenvalue weighted by Gasteiger charge is 2.34. The van der Waals surface area contributed by atoms with Gasteiger partial charge in [-0.05, 0) is 18.4 Å². The molecule has 0 bridgehead atoms. The molecule has 0 aromatic heterocycles. The van der Waals surface area contributed by atoms with Gasteiger partial charge in [-0.25, -0.2) is 4.79 Å². The molecule has 4 heteroatoms. The number of ether oxygens (including phenoxy) is 1. The van der Waals surface area contributed by atoms with Gasteiger partial charge in [-0.15, -0.1) is 0 Å². The zero-order chi connectivity index (χ0) is 10.8. The third kappa shape index (κ3) is 1.82. The summed E-state index contributed by atoms with van der Waals surface area (Å²) in [6.07, 6.45) is 3.57. The quantitative estimate of drug-likeness (QED) is 0.565. The van der Waals surface area contributed by atoms with Crippen LogP contribution in [0.1, 0.15) is 12.8 Å². The first-order chi connectivity index (χ1) is 7.24. The molecular weight excluding hydrogens is 192 g/mol. The minimum absolute atomic E-state index is 0.122. The SMILES string of the molecule is COC(=O)N1CC2=CCC(C#N)CC2C1. The molecule has 1 saturated heterocycles. The molecule has 80 valence electrons. The number of carbonyl (C=O) groups is 1. The highest BCUT2D eigenvalue weighted by molar-refractivity contribution is 5.68. The van der Waals surface area contributed by atoms with Crippen molar-refractivity contribution in [2.24, 2.45) is 11.8 Å². The van der Waals surface area contributed by atoms with Gasteiger partial charge in [0.15, 0.2) is 0 Å². The van der Waals surface area contributed by atoms with Crippen LogP contribution in [0.4, 0.5) is 4.79 Å². The first-order valence-electron chi connectivity index (χ1n) is 5.16. The molecular formula is C11H14N2O2. The van der Waals surface area contributed by atoms with Crippen LogP contribution < -0.4 is 0 Å². The second-order valence-electron chi connectivity index (χ2n) is 4.12. The number of nitrogens with zero attached hydrogens (tertiary/aromatic N) is 2. The summed E-state index contributed by atoms with van der Waals surface area (Å²) in [6.45, 7) is 1.38. The maximum Gasteiger partial charge on any atom is 0.409 e. The van der Waals surface area contributed by atoms with Crippen LogP contribution in [0.3, 0.4) is 0 Å². The van der Waals surface area contributed by atoms with E-state index in [2.05, 4.69) is 16.9 Å². The Morgan fingerprint density at radius 2 is 2.53 bits per heavy atom. The van der Waals surface area contributed by atoms with Gasteiger partial charge in [0, 0.05) is 19.0 Å². The number of likely N-dealkylation sites (tertiary alicyclic amines) is 1. The molecule has 1 heterocycles. The third-order valence-corrected chi connectivity index (χ3v) is 3.19. The second kappa shape index (κ2) is 3.93. The van der Waals surface area contributed by atoms with Crippen LogP contribution in [0.25, 0.3) is 0 Å². The molecule has 0 N–H and O–H groups in total. The lowest BCUT2D eigenvalue weighted by Gasteiger charge is -2.19. The number of hydrogen-bond acceptors (Lipinski definition) is 3. The maximum absolute atomic E-state index is 11.3. The molecule has 4 nitrogen and oxygen atoms in total. The van der Waals surface area contributed by atoms with E-state index in [9.17, 15) is 4.79 Å². The number of nitriles is 1. The standard InChI is InChI=1S/C11H14N2O2/c1-15-11(14)13-6-9-3-2-8(5-12)4-10(9)7-13/h3,8,10H,2,4,6-7H2,1H3. The van der Waals surface area contributed by atoms with Crippen LogP contribution in [-0.4, -0.2) is 31.2 Å². The van der Waals surface area contributed by atoms with E-state index in [1.807, 2.05) is 0 Å². The predicted octanol–water partition coefficient (Wildman–Crippen LogP) is 1.54. The predicted molar refractivity (Wildman–Crippen MR) is 53.9 cm³/mol. The van der Waals surface area contributed by atoms with Crippen LogP contribution in [0, 0.1) is 23.2 Å². The molecule has 2 unspecified atom stereocenters. The monoisotopic (exact) mass is 206 g/mol. The Morgan fingerprint density at radius 3 is 3.20 bits per heavy atom. The Hall–Kier alpha value is -1.50. The Kier molecular flexibility index (Phi) is 2.63. The van der Waals surface area contributed by atoms with Gasteiger partial charge < -0.3 is 9.64 Å². The van der Waals surface area contributed by atoms with E-state index >= 15 is 0 Å². The first kappa shape index (κ1) is 10.0. The first-order valence-corrected chi connectivity index (χ1v) is 5.16. The second-order valence-corrected chi connectivity index (χ2v) is 4.12. The lowest BCUT2D eigenvalue weighted by Crippen LogP contribution is -2.28. The van der Waals surface area contributed by atoms with E-state index in [0.29, 0.717) is 19.0 Å². The fourth-order valence-electron chi connectivity index (χ4n) is 2.36. The van der Waals surface area contributed by atoms with Crippen molar-refractivity contribution in [3.05, 3.63) is 11.6 Å². The van der Waals surface area contributed by atoms with E-state index in [-0.39, 0.29) is 12.0 Å². The number of rotatable bonds is 0. The third-order valence-electron chi connectivity index (χ3n) is 3.19. The van der Waals surface area contributed by atoms with E-state index in [4.69, 9.17) is 5.26 Å². The Labute approximate surface area is 89.1 Å². The minimum Gasteiger partial charge on any atom is -0.453 e. The molecule has 0 spiro atoms. The summed E-state index contributed by atoms with van der Waals surface area (Å²) in [4.78, 5) is 13.0. The van der Waals surface area contributed by atoms with Crippen molar-refractivity contribution in [2.45, 2.75) is 12.8 Å². The fourth-order valence-corrected chi connectivity index (χ4v) is 2.36. The van der Waals surface area contributed by atoms with Gasteiger partial charge in [0.05, 0.1) is 19.1 Å². The van der Waals surface area contributed by atoms with Gasteiger partial charge in [0.1, 0.15) is 0 Å². The zero-order valence-corrected chi connectivity index (χ0v) is 8.77. The summed E-state index contributed by atoms with van der Waals surface area (Å²) in [5, 5.41) is 8.85. The van der Waals surface area contributed by atoms with Gasteiger partial charge in [-0.2, -0.15) is 5.26 Å². The summed E-state index contributed by atoms with van der Waals surface area (Å²) >= 11 is 0. The smallest absolute Gasteiger partial charge is 0.409 e. The molecule has 2 atom stereocenters. The van der Waals surface area contributed by atoms with Crippen molar-refractivity contribution < 1.29 is 9.53 Å². The molecule has 2 rings (SSSR count). The fraction of sp³-hybridized carbons (Fsp3) is 0.636. The van der Waals surface area contributed by atoms with E-state index in [1.165, 1.54) is 12.7 Å². The Balaban J connectivity index is 2.04. The van der Waals surface area contributed by atoms with Crippen molar-refractivity contribution in [1.82, 2.24) is 4.90 Å². The Morgan fingerprint density at radius 1 is 1.73 bits per heavy atom. The van der Waals surface area contributed by atoms with E-state index < -0.39 is 0 Å². The van der Waals surface area contributed by atoms with Crippen LogP contribution in [0.15, 0.2) is 11.6 Å². The number of carbonyl (C=O) groups excluding carboxylic acids is 1. The molecule has 1 aliphatic carbocycles. The van der Waals surface area contributed by atoms with Crippen LogP contribution in [-0.2, 0) is 4.74 Å². The summed E-state index contributed by atoms with van der Waals surface area (Å²) in [7, 11) is 1.40. The molecule has 0 aromatic carbocycles. The van der Waals surface area contributed by atoms with Gasteiger partial charge in [0.25, 0.3) is 0 Å². The summed E-state index contributed by atoms with van der Waals surface area (Å²) in [5.74, 6) is 0.499. The lowest BCUT2D eigenvalue weighted by atomic mass is 9.84. The van der Waals surface area contributed by atoms with Crippen molar-refractivity contribution in [1.29, 1.82) is 5.26 Å². The number of allylic oxidation sites excluding steroid dienone is 1. The van der Waals surface area contributed by atoms with Gasteiger partial charge >= 0.3 is 6.09 Å². The van der Waals surface area contributed by atoms with Crippen LogP contribution in [0.5, 0.6) is 0 Å². The van der Waals surface area contributed by atoms with E-state index in [1.54, 1.807) is 4.90 Å². The molecule has 0 aromatic rings. The summed E-state index contributed by atoms with van der Waals surface area (Å²) in [5.41, 5.74) is 1.30. The highest BCUT2D eigenvalue weighted by Crippen LogP contribution is 2.34. The van der Waals surface area contributed by atoms with Gasteiger partial charge in [-0.1, -0.05) is 6.08 Å². The molecule has 0 radical (unpaired) electrons. The maximum atomic E-state index is 11.3.